The largest absolute Gasteiger partial charge is 0.506 e. The smallest absolute Gasteiger partial charge is 0.227 e. The number of Topliss-reactive ketones (excluding diaryl/α,β-unsaturated/α-hetero) is 1. The molecule has 0 aromatic heterocycles. The predicted octanol–water partition coefficient (Wildman–Crippen LogP) is 2.19. The standard InChI is InChI=1S/C12H15NO3/c1-7(2)12(16)13-10-6-9(8(3)14)4-5-11(10)15/h4-7,15H,1-3H3,(H,13,16). The van der Waals surface area contributed by atoms with E-state index in [9.17, 15) is 14.7 Å². The number of aromatic hydroxyl groups is 1. The molecule has 0 spiro atoms. The van der Waals surface area contributed by atoms with Gasteiger partial charge < -0.3 is 10.4 Å². The van der Waals surface area contributed by atoms with Crippen LogP contribution >= 0.6 is 0 Å². The molecule has 0 fully saturated rings. The number of rotatable bonds is 3. The van der Waals surface area contributed by atoms with Crippen LogP contribution in [0, 0.1) is 5.92 Å². The molecule has 1 aromatic carbocycles. The van der Waals surface area contributed by atoms with E-state index in [-0.39, 0.29) is 29.0 Å². The second kappa shape index (κ2) is 4.79. The van der Waals surface area contributed by atoms with Crippen LogP contribution in [0.25, 0.3) is 0 Å². The van der Waals surface area contributed by atoms with E-state index >= 15 is 0 Å². The van der Waals surface area contributed by atoms with Crippen molar-refractivity contribution in [3.63, 3.8) is 0 Å². The van der Waals surface area contributed by atoms with Crippen LogP contribution in [0.15, 0.2) is 18.2 Å². The van der Waals surface area contributed by atoms with Gasteiger partial charge in [0.25, 0.3) is 0 Å². The molecule has 0 atom stereocenters. The van der Waals surface area contributed by atoms with Gasteiger partial charge in [0.1, 0.15) is 5.75 Å². The van der Waals surface area contributed by atoms with Crippen LogP contribution in [0.1, 0.15) is 31.1 Å². The maximum Gasteiger partial charge on any atom is 0.227 e. The van der Waals surface area contributed by atoms with Crippen LogP contribution in [-0.2, 0) is 4.79 Å². The SMILES string of the molecule is CC(=O)c1ccc(O)c(NC(=O)C(C)C)c1. The number of phenols is 1. The zero-order valence-corrected chi connectivity index (χ0v) is 9.57. The fourth-order valence-electron chi connectivity index (χ4n) is 1.13. The van der Waals surface area contributed by atoms with Gasteiger partial charge in [-0.05, 0) is 25.1 Å². The summed E-state index contributed by atoms with van der Waals surface area (Å²) in [5.41, 5.74) is 0.725. The normalized spacial score (nSPS) is 10.2. The third-order valence-corrected chi connectivity index (χ3v) is 2.19. The van der Waals surface area contributed by atoms with Crippen molar-refractivity contribution < 1.29 is 14.7 Å². The number of nitrogens with one attached hydrogen (secondary N) is 1. The first kappa shape index (κ1) is 12.2. The zero-order chi connectivity index (χ0) is 12.3. The fourth-order valence-corrected chi connectivity index (χ4v) is 1.13. The van der Waals surface area contributed by atoms with E-state index in [1.165, 1.54) is 25.1 Å². The lowest BCUT2D eigenvalue weighted by Gasteiger charge is -2.10. The topological polar surface area (TPSA) is 66.4 Å². The van der Waals surface area contributed by atoms with Gasteiger partial charge in [-0.25, -0.2) is 0 Å². The Morgan fingerprint density at radius 1 is 1.31 bits per heavy atom. The predicted molar refractivity (Wildman–Crippen MR) is 61.6 cm³/mol. The molecule has 0 radical (unpaired) electrons. The molecule has 2 N–H and O–H groups in total. The second-order valence-corrected chi connectivity index (χ2v) is 3.93. The maximum atomic E-state index is 11.4. The van der Waals surface area contributed by atoms with Crippen molar-refractivity contribution in [3.8, 4) is 5.75 Å². The number of phenolic OH excluding ortho intramolecular Hbond substituents is 1. The zero-order valence-electron chi connectivity index (χ0n) is 9.57. The molecule has 0 aliphatic carbocycles. The summed E-state index contributed by atoms with van der Waals surface area (Å²) in [5, 5.41) is 12.1. The van der Waals surface area contributed by atoms with Crippen LogP contribution in [0.5, 0.6) is 5.75 Å². The number of hydrogen-bond donors (Lipinski definition) is 2. The Morgan fingerprint density at radius 2 is 1.94 bits per heavy atom. The van der Waals surface area contributed by atoms with Gasteiger partial charge in [0, 0.05) is 11.5 Å². The highest BCUT2D eigenvalue weighted by Gasteiger charge is 2.11. The molecule has 4 nitrogen and oxygen atoms in total. The van der Waals surface area contributed by atoms with Gasteiger partial charge in [-0.3, -0.25) is 9.59 Å². The summed E-state index contributed by atoms with van der Waals surface area (Å²) in [4.78, 5) is 22.6. The van der Waals surface area contributed by atoms with Gasteiger partial charge in [0.05, 0.1) is 5.69 Å². The van der Waals surface area contributed by atoms with Crippen molar-refractivity contribution in [2.45, 2.75) is 20.8 Å². The van der Waals surface area contributed by atoms with E-state index in [0.717, 1.165) is 0 Å². The maximum absolute atomic E-state index is 11.4. The van der Waals surface area contributed by atoms with Crippen LogP contribution in [0.4, 0.5) is 5.69 Å². The number of carbonyl (C=O) groups excluding carboxylic acids is 2. The van der Waals surface area contributed by atoms with E-state index in [1.807, 2.05) is 0 Å². The summed E-state index contributed by atoms with van der Waals surface area (Å²) in [6, 6.07) is 4.38. The minimum Gasteiger partial charge on any atom is -0.506 e. The summed E-state index contributed by atoms with van der Waals surface area (Å²) in [5.74, 6) is -0.532. The fraction of sp³-hybridized carbons (Fsp3) is 0.333. The summed E-state index contributed by atoms with van der Waals surface area (Å²) >= 11 is 0. The van der Waals surface area contributed by atoms with Crippen molar-refractivity contribution in [3.05, 3.63) is 23.8 Å². The highest BCUT2D eigenvalue weighted by atomic mass is 16.3. The van der Waals surface area contributed by atoms with E-state index < -0.39 is 0 Å². The van der Waals surface area contributed by atoms with E-state index in [1.54, 1.807) is 13.8 Å². The minimum absolute atomic E-state index is 0.0426. The number of amides is 1. The van der Waals surface area contributed by atoms with E-state index in [0.29, 0.717) is 5.56 Å². The average molecular weight is 221 g/mol. The lowest BCUT2D eigenvalue weighted by molar-refractivity contribution is -0.118. The Balaban J connectivity index is 2.99. The molecule has 0 aliphatic heterocycles. The Hall–Kier alpha value is -1.84. The van der Waals surface area contributed by atoms with Gasteiger partial charge >= 0.3 is 0 Å². The summed E-state index contributed by atoms with van der Waals surface area (Å²) in [6.07, 6.45) is 0. The molecule has 0 aliphatic rings. The van der Waals surface area contributed by atoms with Gasteiger partial charge in [0.15, 0.2) is 5.78 Å². The summed E-state index contributed by atoms with van der Waals surface area (Å²) in [7, 11) is 0. The van der Waals surface area contributed by atoms with E-state index in [4.69, 9.17) is 0 Å². The van der Waals surface area contributed by atoms with Crippen molar-refractivity contribution in [2.24, 2.45) is 5.92 Å². The molecular weight excluding hydrogens is 206 g/mol. The third-order valence-electron chi connectivity index (χ3n) is 2.19. The highest BCUT2D eigenvalue weighted by molar-refractivity contribution is 5.98. The average Bonchev–Trinajstić information content (AvgIpc) is 2.20. The van der Waals surface area contributed by atoms with Crippen LogP contribution in [0.2, 0.25) is 0 Å². The Bertz CT molecular complexity index is 424. The molecule has 0 saturated heterocycles. The van der Waals surface area contributed by atoms with Crippen molar-refractivity contribution in [1.82, 2.24) is 0 Å². The molecule has 1 amide bonds. The molecule has 0 heterocycles. The number of benzene rings is 1. The lowest BCUT2D eigenvalue weighted by Crippen LogP contribution is -2.18. The van der Waals surface area contributed by atoms with Gasteiger partial charge in [0.2, 0.25) is 5.91 Å². The number of ketones is 1. The van der Waals surface area contributed by atoms with Gasteiger partial charge in [-0.15, -0.1) is 0 Å². The third kappa shape index (κ3) is 2.82. The molecule has 0 saturated carbocycles. The van der Waals surface area contributed by atoms with Crippen LogP contribution in [0.3, 0.4) is 0 Å². The molecule has 1 rings (SSSR count). The van der Waals surface area contributed by atoms with Crippen molar-refractivity contribution in [1.29, 1.82) is 0 Å². The number of anilines is 1. The molecule has 4 heteroatoms. The van der Waals surface area contributed by atoms with Crippen molar-refractivity contribution >= 4 is 17.4 Å². The molecule has 86 valence electrons. The molecule has 1 aromatic rings. The number of carbonyl (C=O) groups is 2. The lowest BCUT2D eigenvalue weighted by atomic mass is 10.1. The van der Waals surface area contributed by atoms with Crippen LogP contribution in [-0.4, -0.2) is 16.8 Å². The van der Waals surface area contributed by atoms with E-state index in [2.05, 4.69) is 5.32 Å². The molecule has 0 bridgehead atoms. The van der Waals surface area contributed by atoms with Gasteiger partial charge in [-0.2, -0.15) is 0 Å². The number of hydrogen-bond acceptors (Lipinski definition) is 3. The highest BCUT2D eigenvalue weighted by Crippen LogP contribution is 2.24. The Morgan fingerprint density at radius 3 is 2.44 bits per heavy atom. The monoisotopic (exact) mass is 221 g/mol. The first-order valence-corrected chi connectivity index (χ1v) is 5.06. The molecule has 0 unspecified atom stereocenters. The first-order chi connectivity index (χ1) is 7.41. The van der Waals surface area contributed by atoms with Crippen molar-refractivity contribution in [2.75, 3.05) is 5.32 Å². The Labute approximate surface area is 94.3 Å². The molecular formula is C12H15NO3. The molecule has 16 heavy (non-hydrogen) atoms. The summed E-state index contributed by atoms with van der Waals surface area (Å²) in [6.45, 7) is 4.93. The first-order valence-electron chi connectivity index (χ1n) is 5.06. The summed E-state index contributed by atoms with van der Waals surface area (Å²) < 4.78 is 0. The quantitative estimate of drug-likeness (QED) is 0.607. The minimum atomic E-state index is -0.198. The Kier molecular flexibility index (Phi) is 3.66. The van der Waals surface area contributed by atoms with Gasteiger partial charge in [-0.1, -0.05) is 13.8 Å². The second-order valence-electron chi connectivity index (χ2n) is 3.93. The van der Waals surface area contributed by atoms with Crippen LogP contribution < -0.4 is 5.32 Å².